The topological polar surface area (TPSA) is 57.8 Å². The Labute approximate surface area is 147 Å². The highest BCUT2D eigenvalue weighted by atomic mass is 19.1. The second-order valence-corrected chi connectivity index (χ2v) is 7.34. The summed E-state index contributed by atoms with van der Waals surface area (Å²) in [5, 5.41) is 3.08. The van der Waals surface area contributed by atoms with Crippen molar-refractivity contribution in [3.05, 3.63) is 41.5 Å². The van der Waals surface area contributed by atoms with Crippen LogP contribution in [0.25, 0.3) is 11.4 Å². The van der Waals surface area contributed by atoms with Gasteiger partial charge >= 0.3 is 0 Å². The van der Waals surface area contributed by atoms with Crippen molar-refractivity contribution in [2.75, 3.05) is 6.54 Å². The van der Waals surface area contributed by atoms with Gasteiger partial charge in [0.05, 0.1) is 5.69 Å². The molecule has 132 valence electrons. The number of hydrogen-bond acceptors (Lipinski definition) is 2. The van der Waals surface area contributed by atoms with Gasteiger partial charge in [-0.3, -0.25) is 4.79 Å². The predicted molar refractivity (Wildman–Crippen MR) is 94.9 cm³/mol. The molecule has 2 aliphatic rings. The summed E-state index contributed by atoms with van der Waals surface area (Å²) in [7, 11) is 0. The van der Waals surface area contributed by atoms with E-state index in [1.807, 2.05) is 0 Å². The van der Waals surface area contributed by atoms with E-state index in [2.05, 4.69) is 15.3 Å². The van der Waals surface area contributed by atoms with E-state index in [1.54, 1.807) is 12.1 Å². The van der Waals surface area contributed by atoms with Crippen molar-refractivity contribution in [2.45, 2.75) is 50.9 Å². The van der Waals surface area contributed by atoms with Gasteiger partial charge in [0, 0.05) is 18.0 Å². The van der Waals surface area contributed by atoms with Gasteiger partial charge in [0.15, 0.2) is 0 Å². The fourth-order valence-corrected chi connectivity index (χ4v) is 3.68. The van der Waals surface area contributed by atoms with Crippen LogP contribution in [0.1, 0.15) is 67.0 Å². The Morgan fingerprint density at radius 2 is 1.84 bits per heavy atom. The van der Waals surface area contributed by atoms with E-state index >= 15 is 0 Å². The van der Waals surface area contributed by atoms with Gasteiger partial charge < -0.3 is 10.3 Å². The number of aromatic nitrogens is 2. The van der Waals surface area contributed by atoms with Crippen LogP contribution in [0.4, 0.5) is 4.39 Å². The molecule has 5 heteroatoms. The van der Waals surface area contributed by atoms with Crippen molar-refractivity contribution in [3.63, 3.8) is 0 Å². The van der Waals surface area contributed by atoms with Crippen molar-refractivity contribution >= 4 is 5.91 Å². The smallest absolute Gasteiger partial charge is 0.271 e. The van der Waals surface area contributed by atoms with Gasteiger partial charge in [-0.15, -0.1) is 0 Å². The summed E-state index contributed by atoms with van der Waals surface area (Å²) in [5.74, 6) is 1.28. The molecule has 1 amide bonds. The highest BCUT2D eigenvalue weighted by Crippen LogP contribution is 2.41. The number of nitrogens with zero attached hydrogens (tertiary/aromatic N) is 1. The van der Waals surface area contributed by atoms with Crippen LogP contribution in [-0.2, 0) is 0 Å². The van der Waals surface area contributed by atoms with Crippen LogP contribution in [0, 0.1) is 11.7 Å². The van der Waals surface area contributed by atoms with Gasteiger partial charge in [-0.2, -0.15) is 0 Å². The van der Waals surface area contributed by atoms with E-state index < -0.39 is 0 Å². The number of aromatic amines is 1. The predicted octanol–water partition coefficient (Wildman–Crippen LogP) is 4.40. The second-order valence-electron chi connectivity index (χ2n) is 7.34. The average molecular weight is 341 g/mol. The maximum absolute atomic E-state index is 13.1. The van der Waals surface area contributed by atoms with E-state index in [-0.39, 0.29) is 11.7 Å². The van der Waals surface area contributed by atoms with Gasteiger partial charge in [0.2, 0.25) is 0 Å². The van der Waals surface area contributed by atoms with Gasteiger partial charge in [0.1, 0.15) is 17.3 Å². The number of H-pyrrole nitrogens is 1. The SMILES string of the molecule is O=C(NCC1CCCCC1)c1nc(-c2ccc(F)cc2)[nH]c1C1CC1. The zero-order valence-electron chi connectivity index (χ0n) is 14.4. The molecular weight excluding hydrogens is 317 g/mol. The van der Waals surface area contributed by atoms with Gasteiger partial charge in [0.25, 0.3) is 5.91 Å². The van der Waals surface area contributed by atoms with Crippen molar-refractivity contribution in [1.82, 2.24) is 15.3 Å². The normalized spacial score (nSPS) is 18.3. The Kier molecular flexibility index (Phi) is 4.55. The third-order valence-corrected chi connectivity index (χ3v) is 5.33. The largest absolute Gasteiger partial charge is 0.350 e. The third kappa shape index (κ3) is 3.75. The first-order chi connectivity index (χ1) is 12.2. The molecule has 0 aliphatic heterocycles. The first-order valence-corrected chi connectivity index (χ1v) is 9.35. The van der Waals surface area contributed by atoms with Crippen LogP contribution in [0.15, 0.2) is 24.3 Å². The Bertz CT molecular complexity index is 743. The lowest BCUT2D eigenvalue weighted by atomic mass is 9.89. The molecule has 2 N–H and O–H groups in total. The number of hydrogen-bond donors (Lipinski definition) is 2. The van der Waals surface area contributed by atoms with E-state index in [0.29, 0.717) is 23.4 Å². The Balaban J connectivity index is 1.51. The number of nitrogens with one attached hydrogen (secondary N) is 2. The van der Waals surface area contributed by atoms with Gasteiger partial charge in [-0.05, 0) is 55.9 Å². The molecule has 0 atom stereocenters. The maximum atomic E-state index is 13.1. The molecule has 0 saturated heterocycles. The molecule has 0 radical (unpaired) electrons. The summed E-state index contributed by atoms with van der Waals surface area (Å²) < 4.78 is 13.1. The van der Waals surface area contributed by atoms with E-state index in [0.717, 1.165) is 30.6 Å². The van der Waals surface area contributed by atoms with Crippen molar-refractivity contribution in [2.24, 2.45) is 5.92 Å². The van der Waals surface area contributed by atoms with Crippen molar-refractivity contribution < 1.29 is 9.18 Å². The summed E-state index contributed by atoms with van der Waals surface area (Å²) in [6.45, 7) is 0.738. The molecule has 0 spiro atoms. The molecule has 1 heterocycles. The minimum absolute atomic E-state index is 0.0860. The van der Waals surface area contributed by atoms with Crippen LogP contribution in [0.5, 0.6) is 0 Å². The first kappa shape index (κ1) is 16.3. The second kappa shape index (κ2) is 6.98. The first-order valence-electron chi connectivity index (χ1n) is 9.35. The molecule has 2 fully saturated rings. The third-order valence-electron chi connectivity index (χ3n) is 5.33. The average Bonchev–Trinajstić information content (AvgIpc) is 3.40. The monoisotopic (exact) mass is 341 g/mol. The van der Waals surface area contributed by atoms with Gasteiger partial charge in [-0.1, -0.05) is 19.3 Å². The molecule has 2 aromatic rings. The summed E-state index contributed by atoms with van der Waals surface area (Å²) in [6.07, 6.45) is 8.45. The highest BCUT2D eigenvalue weighted by molar-refractivity contribution is 5.94. The zero-order chi connectivity index (χ0) is 17.2. The van der Waals surface area contributed by atoms with Crippen LogP contribution in [0.3, 0.4) is 0 Å². The number of carbonyl (C=O) groups excluding carboxylic acids is 1. The minimum atomic E-state index is -0.275. The lowest BCUT2D eigenvalue weighted by molar-refractivity contribution is 0.0938. The fraction of sp³-hybridized carbons (Fsp3) is 0.500. The van der Waals surface area contributed by atoms with Crippen molar-refractivity contribution in [3.8, 4) is 11.4 Å². The lowest BCUT2D eigenvalue weighted by Gasteiger charge is -2.21. The molecule has 1 aromatic heterocycles. The molecule has 2 aliphatic carbocycles. The van der Waals surface area contributed by atoms with Crippen molar-refractivity contribution in [1.29, 1.82) is 0 Å². The molecule has 25 heavy (non-hydrogen) atoms. The number of rotatable bonds is 5. The zero-order valence-corrected chi connectivity index (χ0v) is 14.4. The molecule has 1 aromatic carbocycles. The van der Waals surface area contributed by atoms with Crippen LogP contribution in [-0.4, -0.2) is 22.4 Å². The summed E-state index contributed by atoms with van der Waals surface area (Å²) in [5.41, 5.74) is 2.24. The molecule has 4 nitrogen and oxygen atoms in total. The number of halogens is 1. The Morgan fingerprint density at radius 1 is 1.12 bits per heavy atom. The summed E-state index contributed by atoms with van der Waals surface area (Å²) in [4.78, 5) is 20.5. The molecular formula is C20H24FN3O. The van der Waals surface area contributed by atoms with E-state index in [9.17, 15) is 9.18 Å². The van der Waals surface area contributed by atoms with Crippen LogP contribution < -0.4 is 5.32 Å². The summed E-state index contributed by atoms with van der Waals surface area (Å²) >= 11 is 0. The quantitative estimate of drug-likeness (QED) is 0.847. The molecule has 2 saturated carbocycles. The Hall–Kier alpha value is -2.17. The fourth-order valence-electron chi connectivity index (χ4n) is 3.68. The molecule has 0 bridgehead atoms. The lowest BCUT2D eigenvalue weighted by Crippen LogP contribution is -2.31. The minimum Gasteiger partial charge on any atom is -0.350 e. The number of imidazole rings is 1. The molecule has 0 unspecified atom stereocenters. The van der Waals surface area contributed by atoms with E-state index in [4.69, 9.17) is 0 Å². The maximum Gasteiger partial charge on any atom is 0.271 e. The highest BCUT2D eigenvalue weighted by Gasteiger charge is 2.32. The van der Waals surface area contributed by atoms with Crippen LogP contribution >= 0.6 is 0 Å². The molecule has 4 rings (SSSR count). The standard InChI is InChI=1S/C20H24FN3O/c21-16-10-8-15(9-11-16)19-23-17(14-6-7-14)18(24-19)20(25)22-12-13-4-2-1-3-5-13/h8-11,13-14H,1-7,12H2,(H,22,25)(H,23,24). The Morgan fingerprint density at radius 3 is 2.52 bits per heavy atom. The number of benzene rings is 1. The number of carbonyl (C=O) groups is 1. The van der Waals surface area contributed by atoms with Crippen LogP contribution in [0.2, 0.25) is 0 Å². The van der Waals surface area contributed by atoms with Gasteiger partial charge in [-0.25, -0.2) is 9.37 Å². The number of amides is 1. The summed E-state index contributed by atoms with van der Waals surface area (Å²) in [6, 6.07) is 6.21. The van der Waals surface area contributed by atoms with E-state index in [1.165, 1.54) is 44.2 Å².